The second-order valence-corrected chi connectivity index (χ2v) is 4.29. The number of hydrogen-bond donors (Lipinski definition) is 2. The Labute approximate surface area is 85.0 Å². The van der Waals surface area contributed by atoms with Crippen LogP contribution in [0.1, 0.15) is 12.8 Å². The van der Waals surface area contributed by atoms with Crippen molar-refractivity contribution < 1.29 is 4.79 Å². The quantitative estimate of drug-likeness (QED) is 0.622. The van der Waals surface area contributed by atoms with Crippen molar-refractivity contribution in [2.24, 2.45) is 5.92 Å². The molecule has 0 aromatic carbocycles. The van der Waals surface area contributed by atoms with Crippen molar-refractivity contribution in [3.63, 3.8) is 0 Å². The summed E-state index contributed by atoms with van der Waals surface area (Å²) in [4.78, 5) is 13.9. The lowest BCUT2D eigenvalue weighted by atomic mass is 10.1. The van der Waals surface area contributed by atoms with Gasteiger partial charge in [0.05, 0.1) is 5.92 Å². The molecule has 0 aromatic heterocycles. The lowest BCUT2D eigenvalue weighted by molar-refractivity contribution is -0.135. The van der Waals surface area contributed by atoms with Gasteiger partial charge in [0.1, 0.15) is 0 Å². The van der Waals surface area contributed by atoms with E-state index in [0.717, 1.165) is 39.0 Å². The van der Waals surface area contributed by atoms with Gasteiger partial charge in [-0.1, -0.05) is 0 Å². The first kappa shape index (κ1) is 9.93. The number of carbonyl (C=O) groups is 1. The van der Waals surface area contributed by atoms with Crippen molar-refractivity contribution >= 4 is 5.91 Å². The standard InChI is InChI=1S/C10H19N3O/c1-13(9-3-5-12-7-9)10(14)8-2-4-11-6-8/h8-9,11-12H,2-7H2,1H3. The largest absolute Gasteiger partial charge is 0.341 e. The molecule has 2 aliphatic heterocycles. The van der Waals surface area contributed by atoms with Gasteiger partial charge in [-0.3, -0.25) is 4.79 Å². The highest BCUT2D eigenvalue weighted by molar-refractivity contribution is 5.79. The summed E-state index contributed by atoms with van der Waals surface area (Å²) in [5.41, 5.74) is 0. The van der Waals surface area contributed by atoms with Crippen LogP contribution in [0.3, 0.4) is 0 Å². The van der Waals surface area contributed by atoms with Crippen molar-refractivity contribution in [3.05, 3.63) is 0 Å². The van der Waals surface area contributed by atoms with Gasteiger partial charge in [0.2, 0.25) is 5.91 Å². The highest BCUT2D eigenvalue weighted by Crippen LogP contribution is 2.15. The fourth-order valence-electron chi connectivity index (χ4n) is 2.30. The van der Waals surface area contributed by atoms with Crippen LogP contribution in [0.5, 0.6) is 0 Å². The van der Waals surface area contributed by atoms with E-state index in [4.69, 9.17) is 0 Å². The summed E-state index contributed by atoms with van der Waals surface area (Å²) in [5, 5.41) is 6.52. The summed E-state index contributed by atoms with van der Waals surface area (Å²) in [5.74, 6) is 0.546. The molecule has 0 saturated carbocycles. The number of hydrogen-bond acceptors (Lipinski definition) is 3. The second kappa shape index (κ2) is 4.28. The SMILES string of the molecule is CN(C(=O)C1CCNC1)C1CCNC1. The molecule has 2 aliphatic rings. The van der Waals surface area contributed by atoms with E-state index in [1.54, 1.807) is 0 Å². The van der Waals surface area contributed by atoms with Crippen LogP contribution in [0.15, 0.2) is 0 Å². The van der Waals surface area contributed by atoms with E-state index < -0.39 is 0 Å². The lowest BCUT2D eigenvalue weighted by Crippen LogP contribution is -2.42. The number of carbonyl (C=O) groups excluding carboxylic acids is 1. The lowest BCUT2D eigenvalue weighted by Gasteiger charge is -2.26. The van der Waals surface area contributed by atoms with Crippen LogP contribution < -0.4 is 10.6 Å². The first-order valence-corrected chi connectivity index (χ1v) is 5.47. The molecule has 2 saturated heterocycles. The summed E-state index contributed by atoms with van der Waals surface area (Å²) in [6.07, 6.45) is 2.10. The fourth-order valence-corrected chi connectivity index (χ4v) is 2.30. The zero-order valence-electron chi connectivity index (χ0n) is 8.75. The zero-order chi connectivity index (χ0) is 9.97. The van der Waals surface area contributed by atoms with Gasteiger partial charge in [-0.15, -0.1) is 0 Å². The maximum atomic E-state index is 12.0. The summed E-state index contributed by atoms with van der Waals surface area (Å²) >= 11 is 0. The monoisotopic (exact) mass is 197 g/mol. The van der Waals surface area contributed by atoms with Crippen molar-refractivity contribution in [1.82, 2.24) is 15.5 Å². The number of likely N-dealkylation sites (N-methyl/N-ethyl adjacent to an activating group) is 1. The molecular weight excluding hydrogens is 178 g/mol. The highest BCUT2D eigenvalue weighted by atomic mass is 16.2. The third-order valence-electron chi connectivity index (χ3n) is 3.34. The molecule has 0 spiro atoms. The van der Waals surface area contributed by atoms with Gasteiger partial charge in [-0.2, -0.15) is 0 Å². The third kappa shape index (κ3) is 1.91. The molecule has 2 atom stereocenters. The van der Waals surface area contributed by atoms with E-state index in [1.165, 1.54) is 0 Å². The minimum Gasteiger partial charge on any atom is -0.341 e. The molecular formula is C10H19N3O. The van der Waals surface area contributed by atoms with Crippen molar-refractivity contribution in [3.8, 4) is 0 Å². The summed E-state index contributed by atoms with van der Waals surface area (Å²) < 4.78 is 0. The molecule has 0 aromatic rings. The van der Waals surface area contributed by atoms with Crippen LogP contribution in [-0.2, 0) is 4.79 Å². The highest BCUT2D eigenvalue weighted by Gasteiger charge is 2.30. The molecule has 2 fully saturated rings. The van der Waals surface area contributed by atoms with Gasteiger partial charge in [-0.25, -0.2) is 0 Å². The molecule has 4 heteroatoms. The van der Waals surface area contributed by atoms with E-state index in [-0.39, 0.29) is 5.92 Å². The molecule has 0 aliphatic carbocycles. The number of nitrogens with zero attached hydrogens (tertiary/aromatic N) is 1. The van der Waals surface area contributed by atoms with Gasteiger partial charge in [0, 0.05) is 26.2 Å². The Bertz CT molecular complexity index is 207. The Balaban J connectivity index is 1.89. The Kier molecular flexibility index (Phi) is 3.03. The van der Waals surface area contributed by atoms with Crippen LogP contribution in [-0.4, -0.2) is 50.1 Å². The van der Waals surface area contributed by atoms with Gasteiger partial charge in [0.25, 0.3) is 0 Å². The second-order valence-electron chi connectivity index (χ2n) is 4.29. The van der Waals surface area contributed by atoms with Crippen LogP contribution in [0, 0.1) is 5.92 Å². The molecule has 0 bridgehead atoms. The molecule has 4 nitrogen and oxygen atoms in total. The number of rotatable bonds is 2. The maximum absolute atomic E-state index is 12.0. The molecule has 80 valence electrons. The molecule has 1 amide bonds. The van der Waals surface area contributed by atoms with E-state index in [0.29, 0.717) is 11.9 Å². The van der Waals surface area contributed by atoms with Crippen molar-refractivity contribution in [2.45, 2.75) is 18.9 Å². The van der Waals surface area contributed by atoms with Crippen molar-refractivity contribution in [1.29, 1.82) is 0 Å². The van der Waals surface area contributed by atoms with Gasteiger partial charge in [-0.05, 0) is 25.9 Å². The number of amides is 1. The molecule has 14 heavy (non-hydrogen) atoms. The summed E-state index contributed by atoms with van der Waals surface area (Å²) in [6, 6.07) is 0.420. The van der Waals surface area contributed by atoms with Crippen molar-refractivity contribution in [2.75, 3.05) is 33.2 Å². The third-order valence-corrected chi connectivity index (χ3v) is 3.34. The molecule has 0 radical (unpaired) electrons. The number of nitrogens with one attached hydrogen (secondary N) is 2. The van der Waals surface area contributed by atoms with Crippen LogP contribution in [0.25, 0.3) is 0 Å². The van der Waals surface area contributed by atoms with E-state index in [9.17, 15) is 4.79 Å². The van der Waals surface area contributed by atoms with Crippen LogP contribution in [0.4, 0.5) is 0 Å². The Hall–Kier alpha value is -0.610. The first-order valence-electron chi connectivity index (χ1n) is 5.47. The topological polar surface area (TPSA) is 44.4 Å². The van der Waals surface area contributed by atoms with E-state index in [1.807, 2.05) is 11.9 Å². The normalized spacial score (nSPS) is 32.1. The zero-order valence-corrected chi connectivity index (χ0v) is 8.75. The Morgan fingerprint density at radius 3 is 2.50 bits per heavy atom. The average Bonchev–Trinajstić information content (AvgIpc) is 2.87. The predicted molar refractivity (Wildman–Crippen MR) is 55.0 cm³/mol. The predicted octanol–water partition coefficient (Wildman–Crippen LogP) is -0.584. The maximum Gasteiger partial charge on any atom is 0.227 e. The fraction of sp³-hybridized carbons (Fsp3) is 0.900. The molecule has 2 heterocycles. The van der Waals surface area contributed by atoms with Crippen LogP contribution in [0.2, 0.25) is 0 Å². The van der Waals surface area contributed by atoms with Gasteiger partial charge < -0.3 is 15.5 Å². The molecule has 2 unspecified atom stereocenters. The minimum atomic E-state index is 0.223. The Morgan fingerprint density at radius 1 is 1.21 bits per heavy atom. The minimum absolute atomic E-state index is 0.223. The van der Waals surface area contributed by atoms with E-state index in [2.05, 4.69) is 10.6 Å². The first-order chi connectivity index (χ1) is 6.79. The molecule has 2 N–H and O–H groups in total. The smallest absolute Gasteiger partial charge is 0.227 e. The summed E-state index contributed by atoms with van der Waals surface area (Å²) in [6.45, 7) is 3.87. The van der Waals surface area contributed by atoms with Gasteiger partial charge in [0.15, 0.2) is 0 Å². The Morgan fingerprint density at radius 2 is 1.93 bits per heavy atom. The van der Waals surface area contributed by atoms with E-state index >= 15 is 0 Å². The average molecular weight is 197 g/mol. The van der Waals surface area contributed by atoms with Gasteiger partial charge >= 0.3 is 0 Å². The molecule has 2 rings (SSSR count). The summed E-state index contributed by atoms with van der Waals surface area (Å²) in [7, 11) is 1.94. The van der Waals surface area contributed by atoms with Crippen LogP contribution >= 0.6 is 0 Å².